The van der Waals surface area contributed by atoms with Gasteiger partial charge in [0, 0.05) is 10.8 Å². The molecule has 0 radical (unpaired) electrons. The first kappa shape index (κ1) is 13.1. The minimum absolute atomic E-state index is 0.0960. The van der Waals surface area contributed by atoms with Gasteiger partial charge in [0.1, 0.15) is 6.33 Å². The number of aromatic amines is 1. The fourth-order valence-corrected chi connectivity index (χ4v) is 2.10. The molecule has 0 aliphatic heterocycles. The predicted octanol–water partition coefficient (Wildman–Crippen LogP) is 2.39. The summed E-state index contributed by atoms with van der Waals surface area (Å²) in [5.41, 5.74) is 0.794. The lowest BCUT2D eigenvalue weighted by Gasteiger charge is -2.30. The van der Waals surface area contributed by atoms with E-state index in [9.17, 15) is 4.39 Å². The Hall–Kier alpha value is -1.37. The Morgan fingerprint density at radius 3 is 2.83 bits per heavy atom. The first-order valence-electron chi connectivity index (χ1n) is 5.77. The smallest absolute Gasteiger partial charge is 0.288 e. The number of hydrogen-bond acceptors (Lipinski definition) is 5. The highest BCUT2D eigenvalue weighted by atomic mass is 32.1. The van der Waals surface area contributed by atoms with Gasteiger partial charge in [0.05, 0.1) is 0 Å². The molecule has 2 aromatic rings. The summed E-state index contributed by atoms with van der Waals surface area (Å²) in [6, 6.07) is 0.0960. The number of H-pyrrole nitrogens is 1. The molecule has 0 aliphatic rings. The molecule has 0 bridgehead atoms. The predicted molar refractivity (Wildman–Crippen MR) is 72.4 cm³/mol. The monoisotopic (exact) mass is 269 g/mol. The summed E-state index contributed by atoms with van der Waals surface area (Å²) < 4.78 is 12.9. The van der Waals surface area contributed by atoms with Crippen molar-refractivity contribution in [3.63, 3.8) is 0 Å². The van der Waals surface area contributed by atoms with Crippen LogP contribution in [-0.2, 0) is 0 Å². The lowest BCUT2D eigenvalue weighted by Crippen LogP contribution is -2.37. The molecule has 2 N–H and O–H groups in total. The Morgan fingerprint density at radius 2 is 2.22 bits per heavy atom. The molecule has 98 valence electrons. The maximum Gasteiger partial charge on any atom is 0.288 e. The molecule has 0 fully saturated rings. The minimum atomic E-state index is -0.660. The quantitative estimate of drug-likeness (QED) is 0.589. The van der Waals surface area contributed by atoms with Crippen LogP contribution in [0.2, 0.25) is 0 Å². The van der Waals surface area contributed by atoms with Crippen molar-refractivity contribution in [3.05, 3.63) is 12.4 Å². The van der Waals surface area contributed by atoms with Crippen molar-refractivity contribution < 1.29 is 4.39 Å². The molecule has 18 heavy (non-hydrogen) atoms. The third kappa shape index (κ3) is 2.55. The van der Waals surface area contributed by atoms with Gasteiger partial charge in [0.15, 0.2) is 17.0 Å². The molecule has 7 heteroatoms. The molecule has 0 spiro atoms. The molecular weight excluding hydrogens is 253 g/mol. The standard InChI is InChI=1S/C11H16FN5S/c1-4-6(11(2,3)18)15-8-7-9(14-5-13-8)17-10(12)16-7/h5-6,18H,4H2,1-3H3,(H2,13,14,15,16,17). The van der Waals surface area contributed by atoms with Gasteiger partial charge in [-0.15, -0.1) is 0 Å². The lowest BCUT2D eigenvalue weighted by molar-refractivity contribution is 0.554. The van der Waals surface area contributed by atoms with Gasteiger partial charge < -0.3 is 5.32 Å². The molecule has 2 heterocycles. The number of anilines is 1. The molecule has 2 rings (SSSR count). The second-order valence-corrected chi connectivity index (χ2v) is 5.86. The number of nitrogens with one attached hydrogen (secondary N) is 2. The molecule has 0 aromatic carbocycles. The summed E-state index contributed by atoms with van der Waals surface area (Å²) in [5.74, 6) is 0.522. The van der Waals surface area contributed by atoms with Crippen molar-refractivity contribution in [2.24, 2.45) is 0 Å². The van der Waals surface area contributed by atoms with Crippen LogP contribution in [0.5, 0.6) is 0 Å². The number of thiol groups is 1. The number of aromatic nitrogens is 4. The summed E-state index contributed by atoms with van der Waals surface area (Å²) in [5, 5.41) is 3.25. The van der Waals surface area contributed by atoms with Gasteiger partial charge in [-0.3, -0.25) is 4.98 Å². The minimum Gasteiger partial charge on any atom is -0.364 e. The highest BCUT2D eigenvalue weighted by Crippen LogP contribution is 2.25. The summed E-state index contributed by atoms with van der Waals surface area (Å²) in [6.45, 7) is 6.08. The van der Waals surface area contributed by atoms with Gasteiger partial charge in [-0.25, -0.2) is 9.97 Å². The number of imidazole rings is 1. The molecule has 5 nitrogen and oxygen atoms in total. The van der Waals surface area contributed by atoms with Crippen LogP contribution in [0.3, 0.4) is 0 Å². The van der Waals surface area contributed by atoms with Crippen LogP contribution >= 0.6 is 12.6 Å². The van der Waals surface area contributed by atoms with E-state index in [1.807, 2.05) is 13.8 Å². The van der Waals surface area contributed by atoms with Crippen molar-refractivity contribution in [2.45, 2.75) is 38.0 Å². The van der Waals surface area contributed by atoms with Crippen LogP contribution in [0.1, 0.15) is 27.2 Å². The van der Waals surface area contributed by atoms with E-state index in [1.165, 1.54) is 6.33 Å². The van der Waals surface area contributed by atoms with E-state index in [0.717, 1.165) is 6.42 Å². The number of hydrogen-bond donors (Lipinski definition) is 3. The van der Waals surface area contributed by atoms with Gasteiger partial charge >= 0.3 is 0 Å². The van der Waals surface area contributed by atoms with Crippen LogP contribution in [-0.4, -0.2) is 30.7 Å². The van der Waals surface area contributed by atoms with Crippen molar-refractivity contribution in [3.8, 4) is 0 Å². The third-order valence-corrected chi connectivity index (χ3v) is 3.14. The van der Waals surface area contributed by atoms with E-state index in [1.54, 1.807) is 0 Å². The Labute approximate surface area is 110 Å². The van der Waals surface area contributed by atoms with Crippen LogP contribution < -0.4 is 5.32 Å². The zero-order valence-corrected chi connectivity index (χ0v) is 11.4. The van der Waals surface area contributed by atoms with E-state index in [-0.39, 0.29) is 10.8 Å². The van der Waals surface area contributed by atoms with E-state index >= 15 is 0 Å². The topological polar surface area (TPSA) is 66.5 Å². The van der Waals surface area contributed by atoms with Gasteiger partial charge in [0.2, 0.25) is 0 Å². The number of rotatable bonds is 4. The molecule has 0 aliphatic carbocycles. The van der Waals surface area contributed by atoms with Gasteiger partial charge in [-0.05, 0) is 20.3 Å². The van der Waals surface area contributed by atoms with E-state index in [2.05, 4.69) is 44.8 Å². The summed E-state index contributed by atoms with van der Waals surface area (Å²) in [7, 11) is 0. The molecule has 0 saturated carbocycles. The number of fused-ring (bicyclic) bond motifs is 1. The average molecular weight is 269 g/mol. The summed E-state index contributed by atoms with van der Waals surface area (Å²) in [6.07, 6.45) is 1.59. The van der Waals surface area contributed by atoms with E-state index in [0.29, 0.717) is 17.0 Å². The van der Waals surface area contributed by atoms with Crippen molar-refractivity contribution in [1.29, 1.82) is 0 Å². The fraction of sp³-hybridized carbons (Fsp3) is 0.545. The second-order valence-electron chi connectivity index (χ2n) is 4.71. The van der Waals surface area contributed by atoms with Crippen LogP contribution in [0.4, 0.5) is 10.2 Å². The van der Waals surface area contributed by atoms with E-state index in [4.69, 9.17) is 0 Å². The maximum atomic E-state index is 13.1. The van der Waals surface area contributed by atoms with Gasteiger partial charge in [-0.2, -0.15) is 22.0 Å². The van der Waals surface area contributed by atoms with Crippen LogP contribution in [0.15, 0.2) is 6.33 Å². The fourth-order valence-electron chi connectivity index (χ4n) is 1.85. The summed E-state index contributed by atoms with van der Waals surface area (Å²) in [4.78, 5) is 14.2. The van der Waals surface area contributed by atoms with Crippen LogP contribution in [0, 0.1) is 6.08 Å². The normalized spacial score (nSPS) is 13.8. The first-order chi connectivity index (χ1) is 8.41. The largest absolute Gasteiger partial charge is 0.364 e. The molecule has 1 atom stereocenters. The van der Waals surface area contributed by atoms with Crippen molar-refractivity contribution >= 4 is 29.6 Å². The van der Waals surface area contributed by atoms with Gasteiger partial charge in [0.25, 0.3) is 6.08 Å². The molecule has 1 unspecified atom stereocenters. The molecular formula is C11H16FN5S. The second kappa shape index (κ2) is 4.72. The highest BCUT2D eigenvalue weighted by molar-refractivity contribution is 7.81. The van der Waals surface area contributed by atoms with E-state index < -0.39 is 6.08 Å². The Kier molecular flexibility index (Phi) is 3.43. The zero-order chi connectivity index (χ0) is 13.3. The number of nitrogens with zero attached hydrogens (tertiary/aromatic N) is 3. The summed E-state index contributed by atoms with van der Waals surface area (Å²) >= 11 is 4.55. The first-order valence-corrected chi connectivity index (χ1v) is 6.21. The van der Waals surface area contributed by atoms with Gasteiger partial charge in [-0.1, -0.05) is 6.92 Å². The van der Waals surface area contributed by atoms with Crippen LogP contribution in [0.25, 0.3) is 11.2 Å². The number of halogens is 1. The Morgan fingerprint density at radius 1 is 1.50 bits per heavy atom. The molecule has 0 saturated heterocycles. The SMILES string of the molecule is CCC(Nc1ncnc2[nH]c(F)nc12)C(C)(C)S. The zero-order valence-electron chi connectivity index (χ0n) is 10.5. The molecule has 2 aromatic heterocycles. The maximum absolute atomic E-state index is 13.1. The van der Waals surface area contributed by atoms with Crippen molar-refractivity contribution in [2.75, 3.05) is 5.32 Å². The highest BCUT2D eigenvalue weighted by Gasteiger charge is 2.25. The molecule has 0 amide bonds. The third-order valence-electron chi connectivity index (χ3n) is 2.83. The average Bonchev–Trinajstić information content (AvgIpc) is 2.65. The Bertz CT molecular complexity index is 548. The lowest BCUT2D eigenvalue weighted by atomic mass is 10.0. The Balaban J connectivity index is 2.36. The van der Waals surface area contributed by atoms with Crippen molar-refractivity contribution in [1.82, 2.24) is 19.9 Å².